The van der Waals surface area contributed by atoms with E-state index in [2.05, 4.69) is 20.8 Å². The first-order valence-corrected chi connectivity index (χ1v) is 5.90. The van der Waals surface area contributed by atoms with Gasteiger partial charge in [-0.05, 0) is 25.2 Å². The molecule has 0 heterocycles. The van der Waals surface area contributed by atoms with Gasteiger partial charge in [-0.25, -0.2) is 0 Å². The van der Waals surface area contributed by atoms with Crippen molar-refractivity contribution in [3.05, 3.63) is 0 Å². The SMILES string of the molecule is CCOC(C(C)C)C(N)C(C)CCOC. The number of ether oxygens (including phenoxy) is 2. The van der Waals surface area contributed by atoms with E-state index in [1.807, 2.05) is 6.92 Å². The molecule has 3 nitrogen and oxygen atoms in total. The number of hydrogen-bond donors (Lipinski definition) is 1. The summed E-state index contributed by atoms with van der Waals surface area (Å²) in [5.74, 6) is 0.897. The lowest BCUT2D eigenvalue weighted by Gasteiger charge is -2.31. The molecule has 0 aliphatic rings. The van der Waals surface area contributed by atoms with Gasteiger partial charge in [0.1, 0.15) is 0 Å². The molecule has 15 heavy (non-hydrogen) atoms. The van der Waals surface area contributed by atoms with Crippen LogP contribution in [0.3, 0.4) is 0 Å². The zero-order valence-corrected chi connectivity index (χ0v) is 10.8. The molecule has 3 atom stereocenters. The van der Waals surface area contributed by atoms with Gasteiger partial charge in [-0.15, -0.1) is 0 Å². The van der Waals surface area contributed by atoms with Gasteiger partial charge >= 0.3 is 0 Å². The Morgan fingerprint density at radius 2 is 1.80 bits per heavy atom. The van der Waals surface area contributed by atoms with Crippen LogP contribution in [0.15, 0.2) is 0 Å². The van der Waals surface area contributed by atoms with E-state index in [4.69, 9.17) is 15.2 Å². The molecule has 0 spiro atoms. The van der Waals surface area contributed by atoms with E-state index in [-0.39, 0.29) is 12.1 Å². The first-order valence-electron chi connectivity index (χ1n) is 5.90. The largest absolute Gasteiger partial charge is 0.385 e. The van der Waals surface area contributed by atoms with E-state index in [9.17, 15) is 0 Å². The van der Waals surface area contributed by atoms with Gasteiger partial charge in [-0.2, -0.15) is 0 Å². The topological polar surface area (TPSA) is 44.5 Å². The third-order valence-corrected chi connectivity index (χ3v) is 2.83. The molecule has 0 rings (SSSR count). The van der Waals surface area contributed by atoms with Gasteiger partial charge in [0.05, 0.1) is 6.10 Å². The van der Waals surface area contributed by atoms with Gasteiger partial charge in [0, 0.05) is 26.4 Å². The average Bonchev–Trinajstić information content (AvgIpc) is 2.21. The van der Waals surface area contributed by atoms with E-state index < -0.39 is 0 Å². The van der Waals surface area contributed by atoms with Crippen molar-refractivity contribution in [2.75, 3.05) is 20.3 Å². The second-order valence-electron chi connectivity index (χ2n) is 4.50. The highest BCUT2D eigenvalue weighted by Crippen LogP contribution is 2.18. The summed E-state index contributed by atoms with van der Waals surface area (Å²) >= 11 is 0. The Bertz CT molecular complexity index is 151. The molecule has 3 unspecified atom stereocenters. The molecule has 0 saturated heterocycles. The minimum atomic E-state index is 0.0973. The molecular formula is C12H27NO2. The predicted molar refractivity (Wildman–Crippen MR) is 63.9 cm³/mol. The van der Waals surface area contributed by atoms with E-state index in [0.29, 0.717) is 11.8 Å². The molecular weight excluding hydrogens is 190 g/mol. The Hall–Kier alpha value is -0.120. The van der Waals surface area contributed by atoms with Gasteiger partial charge in [-0.1, -0.05) is 20.8 Å². The van der Waals surface area contributed by atoms with Crippen molar-refractivity contribution in [2.24, 2.45) is 17.6 Å². The van der Waals surface area contributed by atoms with Gasteiger partial charge in [0.2, 0.25) is 0 Å². The summed E-state index contributed by atoms with van der Waals surface area (Å²) in [5.41, 5.74) is 6.21. The van der Waals surface area contributed by atoms with Crippen LogP contribution < -0.4 is 5.73 Å². The van der Waals surface area contributed by atoms with E-state index in [0.717, 1.165) is 19.6 Å². The van der Waals surface area contributed by atoms with Crippen LogP contribution in [0.25, 0.3) is 0 Å². The van der Waals surface area contributed by atoms with Crippen molar-refractivity contribution in [1.82, 2.24) is 0 Å². The maximum atomic E-state index is 6.21. The Morgan fingerprint density at radius 3 is 2.20 bits per heavy atom. The van der Waals surface area contributed by atoms with Gasteiger partial charge in [0.15, 0.2) is 0 Å². The molecule has 0 aliphatic heterocycles. The van der Waals surface area contributed by atoms with Crippen molar-refractivity contribution >= 4 is 0 Å². The van der Waals surface area contributed by atoms with E-state index in [1.165, 1.54) is 0 Å². The van der Waals surface area contributed by atoms with Crippen LogP contribution in [0, 0.1) is 11.8 Å². The normalized spacial score (nSPS) is 17.8. The summed E-state index contributed by atoms with van der Waals surface area (Å²) in [6, 6.07) is 0.0973. The molecule has 0 aromatic heterocycles. The predicted octanol–water partition coefficient (Wildman–Crippen LogP) is 2.05. The van der Waals surface area contributed by atoms with Crippen LogP contribution in [0.5, 0.6) is 0 Å². The number of nitrogens with two attached hydrogens (primary N) is 1. The third-order valence-electron chi connectivity index (χ3n) is 2.83. The summed E-state index contributed by atoms with van der Waals surface area (Å²) in [6.45, 7) is 9.99. The molecule has 0 aliphatic carbocycles. The number of methoxy groups -OCH3 is 1. The molecule has 0 fully saturated rings. The Balaban J connectivity index is 4.15. The molecule has 92 valence electrons. The van der Waals surface area contributed by atoms with Crippen LogP contribution in [0.4, 0.5) is 0 Å². The summed E-state index contributed by atoms with van der Waals surface area (Å²) in [7, 11) is 1.72. The second kappa shape index (κ2) is 8.08. The van der Waals surface area contributed by atoms with Gasteiger partial charge < -0.3 is 15.2 Å². The molecule has 0 saturated carbocycles. The summed E-state index contributed by atoms with van der Waals surface area (Å²) in [4.78, 5) is 0. The quantitative estimate of drug-likeness (QED) is 0.676. The summed E-state index contributed by atoms with van der Waals surface area (Å²) in [5, 5.41) is 0. The fourth-order valence-electron chi connectivity index (χ4n) is 1.76. The van der Waals surface area contributed by atoms with Gasteiger partial charge in [0.25, 0.3) is 0 Å². The highest BCUT2D eigenvalue weighted by atomic mass is 16.5. The minimum absolute atomic E-state index is 0.0973. The molecule has 0 aromatic carbocycles. The average molecular weight is 217 g/mol. The molecule has 0 amide bonds. The summed E-state index contributed by atoms with van der Waals surface area (Å²) in [6.07, 6.45) is 1.15. The van der Waals surface area contributed by atoms with Gasteiger partial charge in [-0.3, -0.25) is 0 Å². The molecule has 0 aromatic rings. The van der Waals surface area contributed by atoms with Crippen LogP contribution in [-0.2, 0) is 9.47 Å². The molecule has 2 N–H and O–H groups in total. The minimum Gasteiger partial charge on any atom is -0.385 e. The van der Waals surface area contributed by atoms with E-state index >= 15 is 0 Å². The molecule has 0 radical (unpaired) electrons. The highest BCUT2D eigenvalue weighted by Gasteiger charge is 2.26. The second-order valence-corrected chi connectivity index (χ2v) is 4.50. The maximum absolute atomic E-state index is 6.21. The third kappa shape index (κ3) is 5.50. The lowest BCUT2D eigenvalue weighted by Crippen LogP contribution is -2.45. The van der Waals surface area contributed by atoms with Crippen molar-refractivity contribution in [2.45, 2.75) is 46.3 Å². The number of rotatable bonds is 8. The Labute approximate surface area is 94.3 Å². The Kier molecular flexibility index (Phi) is 8.02. The summed E-state index contributed by atoms with van der Waals surface area (Å²) < 4.78 is 10.8. The van der Waals surface area contributed by atoms with Crippen molar-refractivity contribution in [3.63, 3.8) is 0 Å². The van der Waals surface area contributed by atoms with Crippen molar-refractivity contribution < 1.29 is 9.47 Å². The lowest BCUT2D eigenvalue weighted by molar-refractivity contribution is -0.00252. The fraction of sp³-hybridized carbons (Fsp3) is 1.00. The monoisotopic (exact) mass is 217 g/mol. The first kappa shape index (κ1) is 14.9. The lowest BCUT2D eigenvalue weighted by atomic mass is 9.89. The zero-order valence-electron chi connectivity index (χ0n) is 10.8. The Morgan fingerprint density at radius 1 is 1.20 bits per heavy atom. The van der Waals surface area contributed by atoms with Crippen molar-refractivity contribution in [3.8, 4) is 0 Å². The molecule has 0 bridgehead atoms. The fourth-order valence-corrected chi connectivity index (χ4v) is 1.76. The van der Waals surface area contributed by atoms with E-state index in [1.54, 1.807) is 7.11 Å². The van der Waals surface area contributed by atoms with Crippen LogP contribution in [0.1, 0.15) is 34.1 Å². The smallest absolute Gasteiger partial charge is 0.0751 e. The van der Waals surface area contributed by atoms with Crippen LogP contribution >= 0.6 is 0 Å². The zero-order chi connectivity index (χ0) is 11.8. The van der Waals surface area contributed by atoms with Crippen LogP contribution in [0.2, 0.25) is 0 Å². The number of hydrogen-bond acceptors (Lipinski definition) is 3. The molecule has 3 heteroatoms. The first-order chi connectivity index (χ1) is 7.04. The maximum Gasteiger partial charge on any atom is 0.0751 e. The standard InChI is InChI=1S/C12H27NO2/c1-6-15-12(9(2)3)11(13)10(4)7-8-14-5/h9-12H,6-8,13H2,1-5H3. The van der Waals surface area contributed by atoms with Crippen molar-refractivity contribution in [1.29, 1.82) is 0 Å². The highest BCUT2D eigenvalue weighted by molar-refractivity contribution is 4.80. The van der Waals surface area contributed by atoms with Crippen LogP contribution in [-0.4, -0.2) is 32.5 Å².